The summed E-state index contributed by atoms with van der Waals surface area (Å²) in [6.45, 7) is 3.32. The minimum atomic E-state index is -2.28. The van der Waals surface area contributed by atoms with E-state index in [1.165, 1.54) is 7.11 Å². The molecule has 30 heavy (non-hydrogen) atoms. The summed E-state index contributed by atoms with van der Waals surface area (Å²) >= 11 is 5.57. The molecular formula is C17H32ClN3O9. The van der Waals surface area contributed by atoms with E-state index in [2.05, 4.69) is 5.29 Å². The molecule has 176 valence electrons. The molecule has 0 spiro atoms. The summed E-state index contributed by atoms with van der Waals surface area (Å²) in [6, 6.07) is -1.02. The molecule has 1 rings (SSSR count). The second-order valence-electron chi connectivity index (χ2n) is 7.58. The van der Waals surface area contributed by atoms with Gasteiger partial charge in [-0.25, -0.2) is 4.79 Å². The van der Waals surface area contributed by atoms with Crippen LogP contribution in [-0.2, 0) is 9.47 Å². The van der Waals surface area contributed by atoms with Gasteiger partial charge < -0.3 is 35.0 Å². The molecule has 0 radical (unpaired) electrons. The van der Waals surface area contributed by atoms with Crippen LogP contribution in [0.4, 0.5) is 4.79 Å². The Morgan fingerprint density at radius 1 is 1.27 bits per heavy atom. The standard InChI is InChI=1S/C17H32ClN3O9/c1-10(2)9-17(27)14(24)12(23)11(22)13(30-17)15(25)20(6-4-8-29-3)16(26)21(19-28)7-5-18/h10-15,22-25,27H,4-9H2,1-3H3/t11-,12+,13+,14+,15?,17-/m1/s1. The number of alkyl halides is 1. The van der Waals surface area contributed by atoms with Crippen molar-refractivity contribution in [3.8, 4) is 0 Å². The molecule has 1 saturated heterocycles. The third-order valence-corrected chi connectivity index (χ3v) is 4.90. The molecular weight excluding hydrogens is 426 g/mol. The molecule has 13 heteroatoms. The van der Waals surface area contributed by atoms with E-state index >= 15 is 0 Å². The molecule has 0 aromatic rings. The number of nitroso groups, excluding NO2 is 1. The molecule has 1 fully saturated rings. The van der Waals surface area contributed by atoms with Gasteiger partial charge in [0.2, 0.25) is 0 Å². The summed E-state index contributed by atoms with van der Waals surface area (Å²) in [7, 11) is 1.44. The Morgan fingerprint density at radius 2 is 1.90 bits per heavy atom. The zero-order valence-electron chi connectivity index (χ0n) is 17.3. The number of amides is 2. The number of methoxy groups -OCH3 is 1. The van der Waals surface area contributed by atoms with Crippen molar-refractivity contribution in [2.75, 3.05) is 32.7 Å². The largest absolute Gasteiger partial charge is 0.387 e. The van der Waals surface area contributed by atoms with Crippen LogP contribution in [0.5, 0.6) is 0 Å². The van der Waals surface area contributed by atoms with Crippen LogP contribution in [0.1, 0.15) is 26.7 Å². The van der Waals surface area contributed by atoms with Gasteiger partial charge in [0.15, 0.2) is 12.0 Å². The Hall–Kier alpha value is -1.12. The number of nitrogens with zero attached hydrogens (tertiary/aromatic N) is 3. The van der Waals surface area contributed by atoms with Gasteiger partial charge in [0.05, 0.1) is 11.8 Å². The number of halogens is 1. The zero-order chi connectivity index (χ0) is 23.1. The number of carbonyl (C=O) groups excluding carboxylic acids is 1. The van der Waals surface area contributed by atoms with E-state index in [0.29, 0.717) is 5.01 Å². The fraction of sp³-hybridized carbons (Fsp3) is 0.941. The van der Waals surface area contributed by atoms with Gasteiger partial charge >= 0.3 is 6.03 Å². The van der Waals surface area contributed by atoms with Gasteiger partial charge in [0.1, 0.15) is 24.4 Å². The Bertz CT molecular complexity index is 559. The first kappa shape index (κ1) is 26.9. The van der Waals surface area contributed by atoms with Crippen molar-refractivity contribution in [1.29, 1.82) is 0 Å². The highest BCUT2D eigenvalue weighted by Gasteiger charge is 2.55. The van der Waals surface area contributed by atoms with E-state index in [1.54, 1.807) is 13.8 Å². The van der Waals surface area contributed by atoms with Gasteiger partial charge in [0, 0.05) is 32.6 Å². The van der Waals surface area contributed by atoms with Crippen molar-refractivity contribution in [2.24, 2.45) is 11.2 Å². The second-order valence-corrected chi connectivity index (χ2v) is 7.96. The molecule has 1 unspecified atom stereocenters. The monoisotopic (exact) mass is 457 g/mol. The normalized spacial score (nSPS) is 30.2. The molecule has 1 aliphatic rings. The summed E-state index contributed by atoms with van der Waals surface area (Å²) in [5, 5.41) is 55.4. The lowest BCUT2D eigenvalue weighted by atomic mass is 9.87. The number of rotatable bonds is 11. The Morgan fingerprint density at radius 3 is 2.40 bits per heavy atom. The Kier molecular flexibility index (Phi) is 10.8. The Labute approximate surface area is 179 Å². The third kappa shape index (κ3) is 6.44. The summed E-state index contributed by atoms with van der Waals surface area (Å²) in [5.74, 6) is -2.55. The lowest BCUT2D eigenvalue weighted by molar-refractivity contribution is -0.367. The van der Waals surface area contributed by atoms with Crippen LogP contribution in [0, 0.1) is 10.8 Å². The summed E-state index contributed by atoms with van der Waals surface area (Å²) in [4.78, 5) is 24.5. The van der Waals surface area contributed by atoms with Crippen LogP contribution in [0.2, 0.25) is 0 Å². The maximum Gasteiger partial charge on any atom is 0.345 e. The third-order valence-electron chi connectivity index (χ3n) is 4.74. The average molecular weight is 458 g/mol. The van der Waals surface area contributed by atoms with E-state index in [1.807, 2.05) is 0 Å². The molecule has 2 amide bonds. The van der Waals surface area contributed by atoms with Gasteiger partial charge in [-0.3, -0.25) is 4.90 Å². The molecule has 12 nitrogen and oxygen atoms in total. The summed E-state index contributed by atoms with van der Waals surface area (Å²) < 4.78 is 10.3. The lowest BCUT2D eigenvalue weighted by Gasteiger charge is -2.49. The van der Waals surface area contributed by atoms with E-state index < -0.39 is 42.5 Å². The van der Waals surface area contributed by atoms with Crippen molar-refractivity contribution in [1.82, 2.24) is 9.91 Å². The van der Waals surface area contributed by atoms with E-state index in [4.69, 9.17) is 21.1 Å². The van der Waals surface area contributed by atoms with Crippen LogP contribution in [0.15, 0.2) is 5.29 Å². The zero-order valence-corrected chi connectivity index (χ0v) is 18.1. The van der Waals surface area contributed by atoms with Crippen molar-refractivity contribution >= 4 is 17.6 Å². The smallest absolute Gasteiger partial charge is 0.345 e. The molecule has 6 atom stereocenters. The van der Waals surface area contributed by atoms with E-state index in [-0.39, 0.29) is 44.3 Å². The first-order valence-electron chi connectivity index (χ1n) is 9.62. The molecule has 0 saturated carbocycles. The number of aliphatic hydroxyl groups excluding tert-OH is 4. The number of ether oxygens (including phenoxy) is 2. The van der Waals surface area contributed by atoms with Crippen LogP contribution in [0.25, 0.3) is 0 Å². The van der Waals surface area contributed by atoms with Crippen molar-refractivity contribution < 1.29 is 39.8 Å². The molecule has 5 N–H and O–H groups in total. The van der Waals surface area contributed by atoms with Crippen LogP contribution in [-0.4, -0.2) is 111 Å². The number of hydrogen-bond donors (Lipinski definition) is 5. The maximum absolute atomic E-state index is 12.7. The molecule has 0 bridgehead atoms. The van der Waals surface area contributed by atoms with Gasteiger partial charge in [0.25, 0.3) is 0 Å². The van der Waals surface area contributed by atoms with Gasteiger partial charge in [-0.05, 0) is 12.3 Å². The molecule has 0 aromatic carbocycles. The first-order chi connectivity index (χ1) is 14.0. The highest BCUT2D eigenvalue weighted by Crippen LogP contribution is 2.35. The number of aliphatic hydroxyl groups is 5. The van der Waals surface area contributed by atoms with Crippen molar-refractivity contribution in [3.63, 3.8) is 0 Å². The Balaban J connectivity index is 3.18. The molecule has 1 aliphatic heterocycles. The van der Waals surface area contributed by atoms with E-state index in [9.17, 15) is 35.2 Å². The number of urea groups is 1. The second kappa shape index (κ2) is 12.1. The fourth-order valence-corrected chi connectivity index (χ4v) is 3.47. The summed E-state index contributed by atoms with van der Waals surface area (Å²) in [6.07, 6.45) is -9.01. The first-order valence-corrected chi connectivity index (χ1v) is 10.2. The van der Waals surface area contributed by atoms with E-state index in [0.717, 1.165) is 4.90 Å². The van der Waals surface area contributed by atoms with Gasteiger partial charge in [-0.2, -0.15) is 5.01 Å². The fourth-order valence-electron chi connectivity index (χ4n) is 3.31. The molecule has 1 heterocycles. The minimum Gasteiger partial charge on any atom is -0.387 e. The average Bonchev–Trinajstić information content (AvgIpc) is 2.69. The minimum absolute atomic E-state index is 0.0961. The van der Waals surface area contributed by atoms with Gasteiger partial charge in [-0.1, -0.05) is 13.8 Å². The molecule has 0 aliphatic carbocycles. The van der Waals surface area contributed by atoms with Crippen molar-refractivity contribution in [3.05, 3.63) is 4.91 Å². The SMILES string of the molecule is COCCCN(C(=O)N(CCCl)N=O)C(O)[C@H]1O[C@](O)(CC(C)C)[C@@H](O)[C@@H](O)[C@H]1O. The van der Waals surface area contributed by atoms with Crippen molar-refractivity contribution in [2.45, 2.75) is 63.1 Å². The van der Waals surface area contributed by atoms with Crippen LogP contribution in [0.3, 0.4) is 0 Å². The van der Waals surface area contributed by atoms with Gasteiger partial charge in [-0.15, -0.1) is 16.5 Å². The quantitative estimate of drug-likeness (QED) is 0.0874. The number of carbonyl (C=O) groups is 1. The highest BCUT2D eigenvalue weighted by atomic mass is 35.5. The predicted octanol–water partition coefficient (Wildman–Crippen LogP) is -0.798. The predicted molar refractivity (Wildman–Crippen MR) is 105 cm³/mol. The van der Waals surface area contributed by atoms with Crippen LogP contribution >= 0.6 is 11.6 Å². The highest BCUT2D eigenvalue weighted by molar-refractivity contribution is 6.18. The topological polar surface area (TPSA) is 173 Å². The van der Waals surface area contributed by atoms with Crippen LogP contribution < -0.4 is 0 Å². The maximum atomic E-state index is 12.7. The number of hydrogen-bond acceptors (Lipinski definition) is 10. The lowest BCUT2D eigenvalue weighted by Crippen LogP contribution is -2.69. The summed E-state index contributed by atoms with van der Waals surface area (Å²) in [5.41, 5.74) is 0. The molecule has 0 aromatic heterocycles.